The molecule has 186 valence electrons. The second-order valence-corrected chi connectivity index (χ2v) is 10.8. The molecule has 1 fully saturated rings. The Balaban J connectivity index is 1.56. The Kier molecular flexibility index (Phi) is 7.26. The fourth-order valence-corrected chi connectivity index (χ4v) is 5.88. The van der Waals surface area contributed by atoms with E-state index in [9.17, 15) is 9.59 Å². The minimum Gasteiger partial charge on any atom is -0.367 e. The van der Waals surface area contributed by atoms with Crippen molar-refractivity contribution in [3.63, 3.8) is 0 Å². The first kappa shape index (κ1) is 25.1. The molecule has 0 radical (unpaired) electrons. The normalized spacial score (nSPS) is 21.0. The van der Waals surface area contributed by atoms with Gasteiger partial charge < -0.3 is 16.0 Å². The number of anilines is 2. The van der Waals surface area contributed by atoms with Gasteiger partial charge in [-0.25, -0.2) is 0 Å². The molecule has 5 rings (SSSR count). The zero-order valence-corrected chi connectivity index (χ0v) is 22.5. The van der Waals surface area contributed by atoms with E-state index < -0.39 is 5.54 Å². The van der Waals surface area contributed by atoms with Gasteiger partial charge in [0, 0.05) is 39.9 Å². The van der Waals surface area contributed by atoms with Crippen molar-refractivity contribution in [2.45, 2.75) is 30.8 Å². The fourth-order valence-electron chi connectivity index (χ4n) is 4.96. The van der Waals surface area contributed by atoms with Crippen molar-refractivity contribution in [2.75, 3.05) is 23.7 Å². The Morgan fingerprint density at radius 3 is 2.67 bits per heavy atom. The van der Waals surface area contributed by atoms with E-state index in [1.165, 1.54) is 0 Å². The highest BCUT2D eigenvalue weighted by Gasteiger charge is 2.47. The van der Waals surface area contributed by atoms with E-state index in [4.69, 9.17) is 23.2 Å². The number of piperidine rings is 1. The first-order chi connectivity index (χ1) is 17.4. The molecule has 0 bridgehead atoms. The van der Waals surface area contributed by atoms with Crippen LogP contribution in [0.3, 0.4) is 0 Å². The Morgan fingerprint density at radius 1 is 1.08 bits per heavy atom. The topological polar surface area (TPSA) is 73.5 Å². The number of hydrogen-bond acceptors (Lipinski definition) is 4. The van der Waals surface area contributed by atoms with Crippen LogP contribution in [0.2, 0.25) is 10.0 Å². The van der Waals surface area contributed by atoms with Crippen molar-refractivity contribution >= 4 is 62.5 Å². The number of nitrogens with zero attached hydrogens (tertiary/aromatic N) is 1. The number of nitrogens with one attached hydrogen (secondary N) is 3. The molecule has 0 aromatic heterocycles. The minimum atomic E-state index is -1.18. The van der Waals surface area contributed by atoms with Gasteiger partial charge in [0.15, 0.2) is 0 Å². The van der Waals surface area contributed by atoms with Crippen LogP contribution in [0.25, 0.3) is 0 Å². The average Bonchev–Trinajstić information content (AvgIpc) is 3.13. The third-order valence-electron chi connectivity index (χ3n) is 6.73. The van der Waals surface area contributed by atoms with Crippen LogP contribution in [-0.4, -0.2) is 34.9 Å². The van der Waals surface area contributed by atoms with Gasteiger partial charge in [-0.05, 0) is 61.3 Å². The van der Waals surface area contributed by atoms with Crippen LogP contribution in [-0.2, 0) is 16.8 Å². The summed E-state index contributed by atoms with van der Waals surface area (Å²) in [4.78, 5) is 27.3. The second-order valence-electron chi connectivity index (χ2n) is 9.14. The third-order valence-corrected chi connectivity index (χ3v) is 8.10. The number of amides is 2. The Morgan fingerprint density at radius 2 is 1.89 bits per heavy atom. The quantitative estimate of drug-likeness (QED) is 0.309. The SMILES string of the molecule is O=C(c1ccccc1N[C@]1(Cc2cccc(Cl)c2)C(=O)Nc2cc(Cl)ccc21)N(Br)C1CCCNC1. The first-order valence-electron chi connectivity index (χ1n) is 11.8. The molecule has 3 aromatic carbocycles. The Labute approximate surface area is 228 Å². The van der Waals surface area contributed by atoms with Crippen molar-refractivity contribution in [2.24, 2.45) is 0 Å². The number of fused-ring (bicyclic) bond motifs is 1. The molecule has 2 aliphatic rings. The first-order valence-corrected chi connectivity index (χ1v) is 13.3. The van der Waals surface area contributed by atoms with Gasteiger partial charge in [0.1, 0.15) is 5.54 Å². The minimum absolute atomic E-state index is 0.0392. The Bertz CT molecular complexity index is 1310. The average molecular weight is 588 g/mol. The van der Waals surface area contributed by atoms with E-state index in [1.807, 2.05) is 42.5 Å². The van der Waals surface area contributed by atoms with Crippen LogP contribution in [0.5, 0.6) is 0 Å². The monoisotopic (exact) mass is 586 g/mol. The van der Waals surface area contributed by atoms with Crippen LogP contribution in [0.1, 0.15) is 34.3 Å². The number of rotatable bonds is 6. The van der Waals surface area contributed by atoms with E-state index in [1.54, 1.807) is 28.2 Å². The zero-order chi connectivity index (χ0) is 25.3. The summed E-state index contributed by atoms with van der Waals surface area (Å²) in [6, 6.07) is 20.1. The predicted octanol–water partition coefficient (Wildman–Crippen LogP) is 6.00. The largest absolute Gasteiger partial charge is 0.367 e. The summed E-state index contributed by atoms with van der Waals surface area (Å²) in [6.07, 6.45) is 2.23. The lowest BCUT2D eigenvalue weighted by Gasteiger charge is -2.33. The molecular formula is C27H25BrCl2N4O2. The molecule has 6 nitrogen and oxygen atoms in total. The third kappa shape index (κ3) is 4.85. The maximum Gasteiger partial charge on any atom is 0.266 e. The summed E-state index contributed by atoms with van der Waals surface area (Å²) >= 11 is 16.0. The number of carbonyl (C=O) groups is 2. The van der Waals surface area contributed by atoms with E-state index in [0.29, 0.717) is 33.4 Å². The van der Waals surface area contributed by atoms with Gasteiger partial charge in [-0.1, -0.05) is 53.5 Å². The molecule has 2 amide bonds. The highest BCUT2D eigenvalue weighted by Crippen LogP contribution is 2.43. The molecule has 2 aliphatic heterocycles. The molecule has 3 N–H and O–H groups in total. The zero-order valence-electron chi connectivity index (χ0n) is 19.4. The lowest BCUT2D eigenvalue weighted by Crippen LogP contribution is -2.46. The van der Waals surface area contributed by atoms with Crippen molar-refractivity contribution in [3.05, 3.63) is 93.5 Å². The summed E-state index contributed by atoms with van der Waals surface area (Å²) in [5.41, 5.74) is 2.14. The second kappa shape index (κ2) is 10.4. The van der Waals surface area contributed by atoms with Crippen molar-refractivity contribution < 1.29 is 9.59 Å². The smallest absolute Gasteiger partial charge is 0.266 e. The number of para-hydroxylation sites is 1. The molecule has 1 saturated heterocycles. The number of hydrogen-bond donors (Lipinski definition) is 3. The van der Waals surface area contributed by atoms with Crippen molar-refractivity contribution in [1.29, 1.82) is 0 Å². The van der Waals surface area contributed by atoms with E-state index in [0.717, 1.165) is 37.1 Å². The predicted molar refractivity (Wildman–Crippen MR) is 148 cm³/mol. The van der Waals surface area contributed by atoms with Crippen LogP contribution in [0.4, 0.5) is 11.4 Å². The van der Waals surface area contributed by atoms with Gasteiger partial charge in [-0.2, -0.15) is 0 Å². The van der Waals surface area contributed by atoms with E-state index >= 15 is 0 Å². The molecule has 1 unspecified atom stereocenters. The summed E-state index contributed by atoms with van der Waals surface area (Å²) in [7, 11) is 0. The van der Waals surface area contributed by atoms with E-state index in [2.05, 4.69) is 32.1 Å². The molecule has 0 saturated carbocycles. The Hall–Kier alpha value is -2.58. The molecule has 36 heavy (non-hydrogen) atoms. The molecule has 0 aliphatic carbocycles. The molecule has 3 aromatic rings. The summed E-state index contributed by atoms with van der Waals surface area (Å²) in [5.74, 6) is -0.395. The van der Waals surface area contributed by atoms with Gasteiger partial charge in [0.05, 0.1) is 27.8 Å². The van der Waals surface area contributed by atoms with Gasteiger partial charge in [-0.3, -0.25) is 13.5 Å². The summed E-state index contributed by atoms with van der Waals surface area (Å²) < 4.78 is 1.62. The number of benzene rings is 3. The molecule has 2 atom stereocenters. The van der Waals surface area contributed by atoms with Crippen LogP contribution in [0.15, 0.2) is 66.7 Å². The summed E-state index contributed by atoms with van der Waals surface area (Å²) in [6.45, 7) is 1.68. The number of carbonyl (C=O) groups excluding carboxylic acids is 2. The van der Waals surface area contributed by atoms with Crippen LogP contribution in [0, 0.1) is 0 Å². The lowest BCUT2D eigenvalue weighted by molar-refractivity contribution is -0.119. The van der Waals surface area contributed by atoms with Crippen LogP contribution >= 0.6 is 39.3 Å². The van der Waals surface area contributed by atoms with Crippen LogP contribution < -0.4 is 16.0 Å². The molecular weight excluding hydrogens is 563 g/mol. The van der Waals surface area contributed by atoms with Gasteiger partial charge in [0.2, 0.25) is 0 Å². The van der Waals surface area contributed by atoms with E-state index in [-0.39, 0.29) is 17.9 Å². The van der Waals surface area contributed by atoms with Crippen molar-refractivity contribution in [3.8, 4) is 0 Å². The van der Waals surface area contributed by atoms with Gasteiger partial charge >= 0.3 is 0 Å². The lowest BCUT2D eigenvalue weighted by atomic mass is 9.84. The standard InChI is InChI=1S/C27H25BrCl2N4O2/c28-34(20-7-4-12-31-16-20)25(35)21-8-1-2-9-23(21)33-27(15-17-5-3-6-18(29)13-17)22-11-10-19(30)14-24(22)32-26(27)36/h1-3,5-6,8-11,13-14,20,31,33H,4,7,12,15-16H2,(H,32,36)/t20?,27-/m0/s1. The summed E-state index contributed by atoms with van der Waals surface area (Å²) in [5, 5.41) is 10.9. The highest BCUT2D eigenvalue weighted by molar-refractivity contribution is 9.07. The molecule has 2 heterocycles. The maximum atomic E-state index is 13.7. The fraction of sp³-hybridized carbons (Fsp3) is 0.259. The highest BCUT2D eigenvalue weighted by atomic mass is 79.9. The number of halogens is 3. The van der Waals surface area contributed by atoms with Gasteiger partial charge in [0.25, 0.3) is 11.8 Å². The van der Waals surface area contributed by atoms with Gasteiger partial charge in [-0.15, -0.1) is 0 Å². The molecule has 0 spiro atoms. The molecule has 9 heteroatoms. The maximum absolute atomic E-state index is 13.7. The van der Waals surface area contributed by atoms with Crippen molar-refractivity contribution in [1.82, 2.24) is 9.24 Å².